The Morgan fingerprint density at radius 2 is 2.06 bits per heavy atom. The summed E-state index contributed by atoms with van der Waals surface area (Å²) in [6.07, 6.45) is 4.25. The highest BCUT2D eigenvalue weighted by Crippen LogP contribution is 2.27. The second kappa shape index (κ2) is 4.88. The molecule has 2 heterocycles. The Morgan fingerprint density at radius 3 is 2.69 bits per heavy atom. The number of nitrogens with zero attached hydrogens (tertiary/aromatic N) is 2. The third-order valence-electron chi connectivity index (χ3n) is 2.62. The van der Waals surface area contributed by atoms with Crippen LogP contribution in [0.4, 0.5) is 0 Å². The van der Waals surface area contributed by atoms with Gasteiger partial charge in [-0.05, 0) is 25.3 Å². The minimum Gasteiger partial charge on any atom is -0.369 e. The van der Waals surface area contributed by atoms with Crippen LogP contribution in [0.15, 0.2) is 12.4 Å². The molecule has 2 rings (SSSR count). The largest absolute Gasteiger partial charge is 0.369 e. The zero-order valence-corrected chi connectivity index (χ0v) is 9.89. The Bertz CT molecular complexity index is 422. The molecule has 1 fully saturated rings. The van der Waals surface area contributed by atoms with Gasteiger partial charge < -0.3 is 4.74 Å². The summed E-state index contributed by atoms with van der Waals surface area (Å²) in [5.74, 6) is 0.467. The van der Waals surface area contributed by atoms with Gasteiger partial charge >= 0.3 is 0 Å². The first kappa shape index (κ1) is 11.5. The van der Waals surface area contributed by atoms with Crippen LogP contribution in [0, 0.1) is 6.92 Å². The van der Waals surface area contributed by atoms with E-state index in [-0.39, 0.29) is 0 Å². The van der Waals surface area contributed by atoms with Crippen molar-refractivity contribution in [3.05, 3.63) is 23.8 Å². The molecule has 0 bridgehead atoms. The van der Waals surface area contributed by atoms with Crippen molar-refractivity contribution in [3.63, 3.8) is 0 Å². The van der Waals surface area contributed by atoms with E-state index in [0.717, 1.165) is 12.0 Å². The maximum absolute atomic E-state index is 11.1. The molecule has 5 nitrogen and oxygen atoms in total. The molecule has 1 aliphatic heterocycles. The minimum atomic E-state index is -2.49. The van der Waals surface area contributed by atoms with E-state index in [1.54, 1.807) is 12.4 Å². The molecular formula is C10H14N2O3S. The van der Waals surface area contributed by atoms with Crippen molar-refractivity contribution in [2.45, 2.75) is 31.1 Å². The molecule has 0 N–H and O–H groups in total. The van der Waals surface area contributed by atoms with Gasteiger partial charge in [0.05, 0.1) is 5.25 Å². The smallest absolute Gasteiger partial charge is 0.158 e. The molecule has 0 amide bonds. The van der Waals surface area contributed by atoms with Crippen LogP contribution in [0.25, 0.3) is 0 Å². The minimum absolute atomic E-state index is 0.467. The fourth-order valence-electron chi connectivity index (χ4n) is 1.78. The van der Waals surface area contributed by atoms with E-state index in [9.17, 15) is 8.42 Å². The van der Waals surface area contributed by atoms with Gasteiger partial charge in [0.25, 0.3) is 0 Å². The van der Waals surface area contributed by atoms with Gasteiger partial charge in [-0.15, -0.1) is 0 Å². The summed E-state index contributed by atoms with van der Waals surface area (Å²) >= 11 is 0. The zero-order chi connectivity index (χ0) is 11.5. The molecule has 1 aromatic rings. The second-order valence-electron chi connectivity index (χ2n) is 3.90. The van der Waals surface area contributed by atoms with Crippen molar-refractivity contribution < 1.29 is 13.2 Å². The topological polar surface area (TPSA) is 69.2 Å². The lowest BCUT2D eigenvalue weighted by atomic mass is 10.1. The first-order valence-corrected chi connectivity index (χ1v) is 6.47. The van der Waals surface area contributed by atoms with E-state index in [2.05, 4.69) is 9.97 Å². The molecule has 0 radical (unpaired) electrons. The fourth-order valence-corrected chi connectivity index (χ4v) is 2.61. The monoisotopic (exact) mass is 242 g/mol. The van der Waals surface area contributed by atoms with E-state index in [0.29, 0.717) is 18.9 Å². The van der Waals surface area contributed by atoms with Crippen molar-refractivity contribution in [2.75, 3.05) is 6.61 Å². The van der Waals surface area contributed by atoms with E-state index in [1.165, 1.54) is 0 Å². The standard InChI is InChI=1S/C10H14N2O3S/c1-7-5-11-10(12-6-7)9-8(16(13)14)3-2-4-15-9/h5-6,8-9,16H,2-4H2,1H3/t8-,9+/m0/s1. The summed E-state index contributed by atoms with van der Waals surface area (Å²) in [5, 5.41) is -0.494. The Hall–Kier alpha value is -1.01. The van der Waals surface area contributed by atoms with Crippen molar-refractivity contribution >= 4 is 10.7 Å². The predicted octanol–water partition coefficient (Wildman–Crippen LogP) is 0.617. The van der Waals surface area contributed by atoms with Gasteiger partial charge in [0, 0.05) is 19.0 Å². The molecular weight excluding hydrogens is 228 g/mol. The lowest BCUT2D eigenvalue weighted by Crippen LogP contribution is -2.29. The van der Waals surface area contributed by atoms with Crippen molar-refractivity contribution in [3.8, 4) is 0 Å². The predicted molar refractivity (Wildman–Crippen MR) is 58.8 cm³/mol. The van der Waals surface area contributed by atoms with E-state index >= 15 is 0 Å². The van der Waals surface area contributed by atoms with Crippen LogP contribution in [0.5, 0.6) is 0 Å². The van der Waals surface area contributed by atoms with Crippen molar-refractivity contribution in [1.82, 2.24) is 9.97 Å². The lowest BCUT2D eigenvalue weighted by Gasteiger charge is -2.26. The fraction of sp³-hybridized carbons (Fsp3) is 0.600. The molecule has 1 aromatic heterocycles. The molecule has 0 aliphatic carbocycles. The van der Waals surface area contributed by atoms with Crippen LogP contribution in [-0.2, 0) is 15.4 Å². The van der Waals surface area contributed by atoms with Crippen LogP contribution >= 0.6 is 0 Å². The van der Waals surface area contributed by atoms with Crippen LogP contribution in [0.2, 0.25) is 0 Å². The molecule has 1 saturated heterocycles. The molecule has 0 saturated carbocycles. The van der Waals surface area contributed by atoms with E-state index in [4.69, 9.17) is 4.74 Å². The summed E-state index contributed by atoms with van der Waals surface area (Å²) in [4.78, 5) is 8.26. The zero-order valence-electron chi connectivity index (χ0n) is 9.00. The molecule has 16 heavy (non-hydrogen) atoms. The number of ether oxygens (including phenoxy) is 1. The third-order valence-corrected chi connectivity index (χ3v) is 3.69. The summed E-state index contributed by atoms with van der Waals surface area (Å²) in [7, 11) is -2.49. The average Bonchev–Trinajstić information content (AvgIpc) is 2.30. The molecule has 0 aromatic carbocycles. The summed E-state index contributed by atoms with van der Waals surface area (Å²) in [5.41, 5.74) is 0.947. The summed E-state index contributed by atoms with van der Waals surface area (Å²) < 4.78 is 27.7. The van der Waals surface area contributed by atoms with Crippen LogP contribution < -0.4 is 0 Å². The van der Waals surface area contributed by atoms with Gasteiger partial charge in [-0.25, -0.2) is 18.4 Å². The molecule has 88 valence electrons. The van der Waals surface area contributed by atoms with E-state index < -0.39 is 22.1 Å². The molecule has 6 heteroatoms. The Morgan fingerprint density at radius 1 is 1.38 bits per heavy atom. The van der Waals surface area contributed by atoms with Gasteiger partial charge in [0.1, 0.15) is 16.8 Å². The number of hydrogen-bond donors (Lipinski definition) is 1. The summed E-state index contributed by atoms with van der Waals surface area (Å²) in [6.45, 7) is 2.46. The maximum atomic E-state index is 11.1. The van der Waals surface area contributed by atoms with Gasteiger partial charge in [-0.2, -0.15) is 0 Å². The lowest BCUT2D eigenvalue weighted by molar-refractivity contribution is 0.0132. The number of thiol groups is 1. The SMILES string of the molecule is Cc1cnc([C@@H]2OCCC[C@@H]2[SH](=O)=O)nc1. The van der Waals surface area contributed by atoms with Gasteiger partial charge in [0.2, 0.25) is 0 Å². The molecule has 0 unspecified atom stereocenters. The Kier molecular flexibility index (Phi) is 3.50. The highest BCUT2D eigenvalue weighted by atomic mass is 32.2. The first-order valence-electron chi connectivity index (χ1n) is 5.22. The number of hydrogen-bond acceptors (Lipinski definition) is 5. The Balaban J connectivity index is 2.26. The van der Waals surface area contributed by atoms with E-state index in [1.807, 2.05) is 6.92 Å². The molecule has 1 aliphatic rings. The van der Waals surface area contributed by atoms with Crippen LogP contribution in [-0.4, -0.2) is 30.2 Å². The third kappa shape index (κ3) is 2.38. The highest BCUT2D eigenvalue weighted by Gasteiger charge is 2.31. The number of aryl methyl sites for hydroxylation is 1. The van der Waals surface area contributed by atoms with Gasteiger partial charge in [-0.1, -0.05) is 0 Å². The maximum Gasteiger partial charge on any atom is 0.158 e. The highest BCUT2D eigenvalue weighted by molar-refractivity contribution is 7.73. The van der Waals surface area contributed by atoms with Gasteiger partial charge in [0.15, 0.2) is 5.82 Å². The number of rotatable bonds is 2. The molecule has 2 atom stereocenters. The van der Waals surface area contributed by atoms with Crippen molar-refractivity contribution in [2.24, 2.45) is 0 Å². The average molecular weight is 242 g/mol. The number of aromatic nitrogens is 2. The normalized spacial score (nSPS) is 25.9. The second-order valence-corrected chi connectivity index (χ2v) is 5.14. The quantitative estimate of drug-likeness (QED) is 0.770. The first-order chi connectivity index (χ1) is 7.68. The Labute approximate surface area is 95.8 Å². The van der Waals surface area contributed by atoms with Crippen molar-refractivity contribution in [1.29, 1.82) is 0 Å². The van der Waals surface area contributed by atoms with Crippen LogP contribution in [0.1, 0.15) is 30.3 Å². The molecule has 0 spiro atoms. The van der Waals surface area contributed by atoms with Crippen LogP contribution in [0.3, 0.4) is 0 Å². The van der Waals surface area contributed by atoms with Gasteiger partial charge in [-0.3, -0.25) is 0 Å². The summed E-state index contributed by atoms with van der Waals surface area (Å²) in [6, 6.07) is 0.